The second kappa shape index (κ2) is 6.08. The Hall–Kier alpha value is -0.990. The maximum absolute atomic E-state index is 6.19. The van der Waals surface area contributed by atoms with Gasteiger partial charge in [0.1, 0.15) is 0 Å². The number of hydrogen-bond acceptors (Lipinski definition) is 2. The number of hydrogen-bond donors (Lipinski definition) is 1. The van der Waals surface area contributed by atoms with Crippen LogP contribution in [-0.4, -0.2) is 19.7 Å². The molecule has 92 valence electrons. The number of benzene rings is 1. The van der Waals surface area contributed by atoms with Gasteiger partial charge in [-0.05, 0) is 43.5 Å². The molecule has 0 aromatic heterocycles. The third-order valence-electron chi connectivity index (χ3n) is 3.14. The monoisotopic (exact) mass is 251 g/mol. The van der Waals surface area contributed by atoms with E-state index >= 15 is 0 Å². The highest BCUT2D eigenvalue weighted by Gasteiger charge is 2.16. The van der Waals surface area contributed by atoms with Crippen molar-refractivity contribution in [2.75, 3.05) is 13.7 Å². The Kier molecular flexibility index (Phi) is 4.46. The normalized spacial score (nSPS) is 17.2. The smallest absolute Gasteiger partial charge is 0.0876 e. The molecule has 0 radical (unpaired) electrons. The minimum absolute atomic E-state index is 0.315. The van der Waals surface area contributed by atoms with Crippen LogP contribution in [0.2, 0.25) is 5.02 Å². The van der Waals surface area contributed by atoms with Crippen molar-refractivity contribution in [2.45, 2.75) is 25.3 Å². The Morgan fingerprint density at radius 3 is 2.88 bits per heavy atom. The second-order valence-corrected chi connectivity index (χ2v) is 4.71. The van der Waals surface area contributed by atoms with Crippen LogP contribution in [0.1, 0.15) is 18.4 Å². The van der Waals surface area contributed by atoms with E-state index < -0.39 is 0 Å². The summed E-state index contributed by atoms with van der Waals surface area (Å²) in [7, 11) is 1.98. The van der Waals surface area contributed by atoms with Crippen molar-refractivity contribution in [3.63, 3.8) is 0 Å². The minimum Gasteiger partial charge on any atom is -0.501 e. The van der Waals surface area contributed by atoms with Crippen LogP contribution in [0.3, 0.4) is 0 Å². The lowest BCUT2D eigenvalue weighted by Crippen LogP contribution is -2.31. The number of likely N-dealkylation sites (N-methyl/N-ethyl adjacent to an activating group) is 1. The second-order valence-electron chi connectivity index (χ2n) is 4.30. The Morgan fingerprint density at radius 2 is 2.24 bits per heavy atom. The lowest BCUT2D eigenvalue weighted by molar-refractivity contribution is 0.219. The van der Waals surface area contributed by atoms with Gasteiger partial charge in [-0.1, -0.05) is 29.8 Å². The first-order valence-corrected chi connectivity index (χ1v) is 6.40. The van der Waals surface area contributed by atoms with Gasteiger partial charge in [0.15, 0.2) is 0 Å². The predicted octanol–water partition coefficient (Wildman–Crippen LogP) is 3.16. The fourth-order valence-electron chi connectivity index (χ4n) is 2.14. The zero-order valence-electron chi connectivity index (χ0n) is 10.1. The summed E-state index contributed by atoms with van der Waals surface area (Å²) in [5.74, 6) is 0. The molecule has 1 heterocycles. The first-order valence-electron chi connectivity index (χ1n) is 6.02. The van der Waals surface area contributed by atoms with Crippen molar-refractivity contribution in [1.29, 1.82) is 0 Å². The SMILES string of the molecule is CNC(Cc1ccccc1Cl)C1=COCCC1. The molecule has 1 atom stereocenters. The van der Waals surface area contributed by atoms with Gasteiger partial charge in [-0.3, -0.25) is 0 Å². The molecule has 0 spiro atoms. The van der Waals surface area contributed by atoms with Crippen molar-refractivity contribution < 1.29 is 4.74 Å². The van der Waals surface area contributed by atoms with Gasteiger partial charge in [-0.15, -0.1) is 0 Å². The molecule has 0 bridgehead atoms. The Labute approximate surface area is 108 Å². The molecule has 1 N–H and O–H groups in total. The van der Waals surface area contributed by atoms with Crippen LogP contribution in [0, 0.1) is 0 Å². The maximum atomic E-state index is 6.19. The highest BCUT2D eigenvalue weighted by molar-refractivity contribution is 6.31. The van der Waals surface area contributed by atoms with Gasteiger partial charge in [0.2, 0.25) is 0 Å². The van der Waals surface area contributed by atoms with Gasteiger partial charge in [-0.2, -0.15) is 0 Å². The van der Waals surface area contributed by atoms with E-state index in [1.807, 2.05) is 31.5 Å². The molecule has 1 unspecified atom stereocenters. The summed E-state index contributed by atoms with van der Waals surface area (Å²) in [5, 5.41) is 4.18. The molecule has 1 aromatic rings. The zero-order chi connectivity index (χ0) is 12.1. The molecule has 0 amide bonds. The molecule has 0 saturated heterocycles. The van der Waals surface area contributed by atoms with Crippen LogP contribution in [0.5, 0.6) is 0 Å². The van der Waals surface area contributed by atoms with Gasteiger partial charge in [0.25, 0.3) is 0 Å². The Bertz CT molecular complexity index is 403. The van der Waals surface area contributed by atoms with Crippen molar-refractivity contribution in [3.05, 3.63) is 46.7 Å². The molecular weight excluding hydrogens is 234 g/mol. The van der Waals surface area contributed by atoms with E-state index in [1.165, 1.54) is 11.1 Å². The summed E-state index contributed by atoms with van der Waals surface area (Å²) in [4.78, 5) is 0. The summed E-state index contributed by atoms with van der Waals surface area (Å²) >= 11 is 6.19. The van der Waals surface area contributed by atoms with Crippen LogP contribution in [0.15, 0.2) is 36.1 Å². The molecule has 1 aliphatic rings. The largest absolute Gasteiger partial charge is 0.501 e. The quantitative estimate of drug-likeness (QED) is 0.888. The number of halogens is 1. The fourth-order valence-corrected chi connectivity index (χ4v) is 2.36. The van der Waals surface area contributed by atoms with Crippen LogP contribution >= 0.6 is 11.6 Å². The van der Waals surface area contributed by atoms with Gasteiger partial charge < -0.3 is 10.1 Å². The predicted molar refractivity (Wildman–Crippen MR) is 71.3 cm³/mol. The average Bonchev–Trinajstić information content (AvgIpc) is 2.39. The molecule has 0 aliphatic carbocycles. The minimum atomic E-state index is 0.315. The third-order valence-corrected chi connectivity index (χ3v) is 3.51. The number of nitrogens with one attached hydrogen (secondary N) is 1. The lowest BCUT2D eigenvalue weighted by atomic mass is 9.96. The topological polar surface area (TPSA) is 21.3 Å². The van der Waals surface area contributed by atoms with Crippen molar-refractivity contribution in [3.8, 4) is 0 Å². The molecule has 0 saturated carbocycles. The molecular formula is C14H18ClNO. The standard InChI is InChI=1S/C14H18ClNO/c1-16-14(12-6-4-8-17-10-12)9-11-5-2-3-7-13(11)15/h2-3,5,7,10,14,16H,4,6,8-9H2,1H3. The molecule has 2 rings (SSSR count). The summed E-state index contributed by atoms with van der Waals surface area (Å²) in [5.41, 5.74) is 2.51. The van der Waals surface area contributed by atoms with Crippen LogP contribution in [0.4, 0.5) is 0 Å². The highest BCUT2D eigenvalue weighted by Crippen LogP contribution is 2.22. The van der Waals surface area contributed by atoms with E-state index in [0.29, 0.717) is 6.04 Å². The van der Waals surface area contributed by atoms with Crippen molar-refractivity contribution in [2.24, 2.45) is 0 Å². The van der Waals surface area contributed by atoms with Crippen LogP contribution < -0.4 is 5.32 Å². The van der Waals surface area contributed by atoms with Gasteiger partial charge in [-0.25, -0.2) is 0 Å². The average molecular weight is 252 g/mol. The summed E-state index contributed by atoms with van der Waals surface area (Å²) in [6.45, 7) is 0.839. The lowest BCUT2D eigenvalue weighted by Gasteiger charge is -2.23. The van der Waals surface area contributed by atoms with E-state index in [1.54, 1.807) is 0 Å². The van der Waals surface area contributed by atoms with Gasteiger partial charge in [0.05, 0.1) is 12.9 Å². The third kappa shape index (κ3) is 3.24. The van der Waals surface area contributed by atoms with E-state index in [2.05, 4.69) is 11.4 Å². The fraction of sp³-hybridized carbons (Fsp3) is 0.429. The molecule has 2 nitrogen and oxygen atoms in total. The molecule has 1 aromatic carbocycles. The Morgan fingerprint density at radius 1 is 1.41 bits per heavy atom. The van der Waals surface area contributed by atoms with E-state index in [-0.39, 0.29) is 0 Å². The van der Waals surface area contributed by atoms with E-state index in [4.69, 9.17) is 16.3 Å². The summed E-state index contributed by atoms with van der Waals surface area (Å²) in [6.07, 6.45) is 5.02. The summed E-state index contributed by atoms with van der Waals surface area (Å²) in [6, 6.07) is 8.32. The first kappa shape index (κ1) is 12.5. The number of ether oxygens (including phenoxy) is 1. The van der Waals surface area contributed by atoms with Gasteiger partial charge in [0, 0.05) is 11.1 Å². The van der Waals surface area contributed by atoms with E-state index in [0.717, 1.165) is 30.9 Å². The molecule has 0 fully saturated rings. The molecule has 3 heteroatoms. The zero-order valence-corrected chi connectivity index (χ0v) is 10.8. The Balaban J connectivity index is 2.09. The molecule has 1 aliphatic heterocycles. The highest BCUT2D eigenvalue weighted by atomic mass is 35.5. The van der Waals surface area contributed by atoms with Crippen LogP contribution in [0.25, 0.3) is 0 Å². The van der Waals surface area contributed by atoms with Crippen LogP contribution in [-0.2, 0) is 11.2 Å². The first-order chi connectivity index (χ1) is 8.31. The van der Waals surface area contributed by atoms with Crippen molar-refractivity contribution in [1.82, 2.24) is 5.32 Å². The van der Waals surface area contributed by atoms with Gasteiger partial charge >= 0.3 is 0 Å². The summed E-state index contributed by atoms with van der Waals surface area (Å²) < 4.78 is 5.40. The molecule has 17 heavy (non-hydrogen) atoms. The van der Waals surface area contributed by atoms with E-state index in [9.17, 15) is 0 Å². The van der Waals surface area contributed by atoms with Crippen molar-refractivity contribution >= 4 is 11.6 Å². The maximum Gasteiger partial charge on any atom is 0.0876 e. The number of rotatable bonds is 4.